The topological polar surface area (TPSA) is 113 Å². The molecule has 0 saturated carbocycles. The number of rotatable bonds is 9. The predicted octanol–water partition coefficient (Wildman–Crippen LogP) is 3.63. The number of benzene rings is 2. The summed E-state index contributed by atoms with van der Waals surface area (Å²) in [5.74, 6) is 1.55. The molecule has 2 aromatic heterocycles. The van der Waals surface area contributed by atoms with Crippen LogP contribution in [0.4, 0.5) is 0 Å². The number of H-pyrrole nitrogens is 1. The van der Waals surface area contributed by atoms with E-state index in [1.54, 1.807) is 18.2 Å². The first-order valence-electron chi connectivity index (χ1n) is 11.8. The van der Waals surface area contributed by atoms with Crippen LogP contribution in [0.25, 0.3) is 22.1 Å². The van der Waals surface area contributed by atoms with Gasteiger partial charge in [0.25, 0.3) is 0 Å². The number of sulfonamides is 1. The Balaban J connectivity index is 1.52. The molecular formula is C25H32N6O3S. The summed E-state index contributed by atoms with van der Waals surface area (Å²) in [5.41, 5.74) is 3.26. The van der Waals surface area contributed by atoms with E-state index >= 15 is 0 Å². The third-order valence-electron chi connectivity index (χ3n) is 6.15. The molecule has 1 amide bonds. The number of carbonyl (C=O) groups is 1. The fraction of sp³-hybridized carbons (Fsp3) is 0.400. The number of para-hydroxylation sites is 2. The number of carbonyl (C=O) groups excluding carboxylic acids is 1. The average Bonchev–Trinajstić information content (AvgIpc) is 3.40. The Morgan fingerprint density at radius 3 is 2.51 bits per heavy atom. The number of aromatic amines is 1. The van der Waals surface area contributed by atoms with Gasteiger partial charge in [0.05, 0.1) is 33.0 Å². The molecule has 0 bridgehead atoms. The second-order valence-electron chi connectivity index (χ2n) is 9.14. The molecule has 1 atom stereocenters. The molecule has 0 aliphatic heterocycles. The minimum atomic E-state index is -3.55. The van der Waals surface area contributed by atoms with Crippen molar-refractivity contribution in [1.82, 2.24) is 29.1 Å². The predicted molar refractivity (Wildman–Crippen MR) is 136 cm³/mol. The number of aromatic nitrogens is 4. The van der Waals surface area contributed by atoms with Crippen LogP contribution in [0.1, 0.15) is 44.9 Å². The minimum Gasteiger partial charge on any atom is -0.346 e. The van der Waals surface area contributed by atoms with Gasteiger partial charge in [-0.05, 0) is 43.2 Å². The van der Waals surface area contributed by atoms with E-state index in [9.17, 15) is 13.2 Å². The second-order valence-corrected chi connectivity index (χ2v) is 11.3. The van der Waals surface area contributed by atoms with Crippen LogP contribution in [0.5, 0.6) is 0 Å². The number of nitrogens with one attached hydrogen (secondary N) is 2. The molecule has 0 fully saturated rings. The highest BCUT2D eigenvalue weighted by molar-refractivity contribution is 7.89. The maximum Gasteiger partial charge on any atom is 0.242 e. The average molecular weight is 497 g/mol. The maximum absolute atomic E-state index is 12.9. The smallest absolute Gasteiger partial charge is 0.242 e. The molecule has 2 heterocycles. The molecule has 35 heavy (non-hydrogen) atoms. The molecule has 186 valence electrons. The third kappa shape index (κ3) is 4.94. The Kier molecular flexibility index (Phi) is 6.95. The molecule has 0 aliphatic rings. The lowest BCUT2D eigenvalue weighted by atomic mass is 10.0. The van der Waals surface area contributed by atoms with Crippen molar-refractivity contribution in [1.29, 1.82) is 0 Å². The van der Waals surface area contributed by atoms with Gasteiger partial charge in [-0.3, -0.25) is 4.79 Å². The van der Waals surface area contributed by atoms with Crippen LogP contribution in [-0.4, -0.2) is 52.2 Å². The van der Waals surface area contributed by atoms with Crippen molar-refractivity contribution in [3.05, 3.63) is 54.1 Å². The molecule has 1 unspecified atom stereocenters. The van der Waals surface area contributed by atoms with Gasteiger partial charge in [-0.1, -0.05) is 26.0 Å². The highest BCUT2D eigenvalue weighted by Gasteiger charge is 2.23. The first-order chi connectivity index (χ1) is 16.6. The number of aryl methyl sites for hydroxylation is 2. The van der Waals surface area contributed by atoms with Crippen LogP contribution < -0.4 is 5.32 Å². The lowest BCUT2D eigenvalue weighted by Crippen LogP contribution is -2.32. The Bertz CT molecular complexity index is 1440. The summed E-state index contributed by atoms with van der Waals surface area (Å²) < 4.78 is 28.2. The van der Waals surface area contributed by atoms with Crippen LogP contribution >= 0.6 is 0 Å². The molecule has 2 N–H and O–H groups in total. The normalized spacial score (nSPS) is 13.2. The van der Waals surface area contributed by atoms with Crippen molar-refractivity contribution in [3.63, 3.8) is 0 Å². The molecule has 0 spiro atoms. The van der Waals surface area contributed by atoms with Crippen LogP contribution in [-0.2, 0) is 27.8 Å². The second kappa shape index (κ2) is 9.79. The van der Waals surface area contributed by atoms with E-state index in [0.717, 1.165) is 28.2 Å². The number of hydrogen-bond donors (Lipinski definition) is 2. The summed E-state index contributed by atoms with van der Waals surface area (Å²) in [5, 5.41) is 3.12. The monoisotopic (exact) mass is 496 g/mol. The molecule has 4 rings (SSSR count). The molecule has 0 aliphatic carbocycles. The lowest BCUT2D eigenvalue weighted by Gasteiger charge is -2.20. The number of amides is 1. The highest BCUT2D eigenvalue weighted by atomic mass is 32.2. The maximum atomic E-state index is 12.9. The van der Waals surface area contributed by atoms with Crippen LogP contribution in [0, 0.1) is 5.92 Å². The number of hydrogen-bond acceptors (Lipinski definition) is 5. The first kappa shape index (κ1) is 24.9. The summed E-state index contributed by atoms with van der Waals surface area (Å²) in [4.78, 5) is 25.8. The standard InChI is InChI=1S/C25H32N6O3S/c1-6-31-21-12-11-17(35(33,34)30(4)5)15-20(21)26-22(31)13-14-23(32)29-24(16(2)3)25-27-18-9-7-8-10-19(18)28-25/h7-12,15-16,24H,6,13-14H2,1-5H3,(H,27,28)(H,29,32). The molecule has 4 aromatic rings. The van der Waals surface area contributed by atoms with Crippen LogP contribution in [0.15, 0.2) is 47.4 Å². The molecule has 2 aromatic carbocycles. The van der Waals surface area contributed by atoms with Crippen molar-refractivity contribution in [2.45, 2.75) is 51.1 Å². The van der Waals surface area contributed by atoms with Crippen molar-refractivity contribution in [2.75, 3.05) is 14.1 Å². The van der Waals surface area contributed by atoms with Crippen molar-refractivity contribution < 1.29 is 13.2 Å². The van der Waals surface area contributed by atoms with Gasteiger partial charge in [-0.15, -0.1) is 0 Å². The highest BCUT2D eigenvalue weighted by Crippen LogP contribution is 2.24. The minimum absolute atomic E-state index is 0.0882. The molecule has 10 heteroatoms. The molecule has 0 radical (unpaired) electrons. The molecule has 9 nitrogen and oxygen atoms in total. The van der Waals surface area contributed by atoms with Gasteiger partial charge < -0.3 is 14.9 Å². The molecular weight excluding hydrogens is 464 g/mol. The van der Waals surface area contributed by atoms with Gasteiger partial charge in [0.15, 0.2) is 0 Å². The van der Waals surface area contributed by atoms with Crippen molar-refractivity contribution in [3.8, 4) is 0 Å². The number of fused-ring (bicyclic) bond motifs is 2. The van der Waals surface area contributed by atoms with E-state index < -0.39 is 10.0 Å². The summed E-state index contributed by atoms with van der Waals surface area (Å²) in [6, 6.07) is 12.5. The van der Waals surface area contributed by atoms with Crippen molar-refractivity contribution in [2.24, 2.45) is 5.92 Å². The van der Waals surface area contributed by atoms with Gasteiger partial charge in [0.1, 0.15) is 11.6 Å². The van der Waals surface area contributed by atoms with E-state index in [1.165, 1.54) is 18.4 Å². The zero-order valence-corrected chi connectivity index (χ0v) is 21.6. The quantitative estimate of drug-likeness (QED) is 0.367. The Morgan fingerprint density at radius 1 is 1.11 bits per heavy atom. The van der Waals surface area contributed by atoms with Crippen LogP contribution in [0.2, 0.25) is 0 Å². The van der Waals surface area contributed by atoms with E-state index in [-0.39, 0.29) is 29.2 Å². The number of nitrogens with zero attached hydrogens (tertiary/aromatic N) is 4. The fourth-order valence-electron chi connectivity index (χ4n) is 4.22. The zero-order chi connectivity index (χ0) is 25.3. The SMILES string of the molecule is CCn1c(CCC(=O)NC(c2nc3ccccc3[nH]2)C(C)C)nc2cc(S(=O)(=O)N(C)C)ccc21. The third-order valence-corrected chi connectivity index (χ3v) is 7.97. The van der Waals surface area contributed by atoms with Gasteiger partial charge in [-0.2, -0.15) is 0 Å². The van der Waals surface area contributed by atoms with E-state index in [2.05, 4.69) is 20.3 Å². The van der Waals surface area contributed by atoms with Crippen LogP contribution in [0.3, 0.4) is 0 Å². The van der Waals surface area contributed by atoms with Gasteiger partial charge in [-0.25, -0.2) is 22.7 Å². The largest absolute Gasteiger partial charge is 0.346 e. The Labute approximate surface area is 205 Å². The Hall–Kier alpha value is -3.24. The fourth-order valence-corrected chi connectivity index (χ4v) is 5.14. The Morgan fingerprint density at radius 2 is 1.86 bits per heavy atom. The van der Waals surface area contributed by atoms with Gasteiger partial charge >= 0.3 is 0 Å². The summed E-state index contributed by atoms with van der Waals surface area (Å²) in [6.45, 7) is 6.77. The van der Waals surface area contributed by atoms with Gasteiger partial charge in [0, 0.05) is 33.5 Å². The van der Waals surface area contributed by atoms with Gasteiger partial charge in [0.2, 0.25) is 15.9 Å². The molecule has 0 saturated heterocycles. The lowest BCUT2D eigenvalue weighted by molar-refractivity contribution is -0.122. The summed E-state index contributed by atoms with van der Waals surface area (Å²) in [7, 11) is -0.543. The first-order valence-corrected chi connectivity index (χ1v) is 13.2. The summed E-state index contributed by atoms with van der Waals surface area (Å²) >= 11 is 0. The number of imidazole rings is 2. The zero-order valence-electron chi connectivity index (χ0n) is 20.7. The van der Waals surface area contributed by atoms with E-state index in [4.69, 9.17) is 0 Å². The summed E-state index contributed by atoms with van der Waals surface area (Å²) in [6.07, 6.45) is 0.699. The van der Waals surface area contributed by atoms with Crippen molar-refractivity contribution >= 4 is 38.0 Å². The van der Waals surface area contributed by atoms with E-state index in [1.807, 2.05) is 49.6 Å². The van der Waals surface area contributed by atoms with E-state index in [0.29, 0.717) is 18.5 Å².